The Labute approximate surface area is 89.1 Å². The molecule has 72 valence electrons. The van der Waals surface area contributed by atoms with Gasteiger partial charge in [0.25, 0.3) is 5.56 Å². The van der Waals surface area contributed by atoms with Crippen molar-refractivity contribution >= 4 is 26.7 Å². The Hall–Kier alpha value is -1.13. The molecule has 2 rings (SSSR count). The number of rotatable bonds is 1. The van der Waals surface area contributed by atoms with Gasteiger partial charge in [0.2, 0.25) is 0 Å². The lowest BCUT2D eigenvalue weighted by molar-refractivity contribution is 0.983. The van der Waals surface area contributed by atoms with Gasteiger partial charge in [0.15, 0.2) is 0 Å². The Kier molecular flexibility index (Phi) is 2.39. The molecule has 0 aliphatic rings. The van der Waals surface area contributed by atoms with Crippen LogP contribution in [0, 0.1) is 0 Å². The molecule has 0 spiro atoms. The van der Waals surface area contributed by atoms with Gasteiger partial charge in [-0.3, -0.25) is 4.79 Å². The summed E-state index contributed by atoms with van der Waals surface area (Å²) in [5.41, 5.74) is 6.12. The number of aromatic amines is 1. The third-order valence-electron chi connectivity index (χ3n) is 2.08. The first kappa shape index (κ1) is 9.43. The average Bonchev–Trinajstić information content (AvgIpc) is 2.19. The Morgan fingerprint density at radius 3 is 2.86 bits per heavy atom. The molecule has 0 amide bonds. The fourth-order valence-corrected chi connectivity index (χ4v) is 1.76. The van der Waals surface area contributed by atoms with Crippen molar-refractivity contribution in [2.24, 2.45) is 5.73 Å². The zero-order chi connectivity index (χ0) is 10.1. The van der Waals surface area contributed by atoms with E-state index in [2.05, 4.69) is 20.9 Å². The minimum absolute atomic E-state index is 0.0933. The minimum atomic E-state index is -0.0933. The molecule has 0 atom stereocenters. The highest BCUT2D eigenvalue weighted by Gasteiger charge is 2.01. The number of H-pyrrole nitrogens is 1. The number of fused-ring (bicyclic) bond motifs is 1. The van der Waals surface area contributed by atoms with Crippen molar-refractivity contribution in [2.45, 2.75) is 6.54 Å². The van der Waals surface area contributed by atoms with Crippen molar-refractivity contribution < 1.29 is 0 Å². The highest BCUT2D eigenvalue weighted by molar-refractivity contribution is 9.10. The molecule has 0 radical (unpaired) electrons. The number of nitrogens with two attached hydrogens (primary N) is 1. The molecule has 0 saturated heterocycles. The normalized spacial score (nSPS) is 10.7. The minimum Gasteiger partial charge on any atom is -0.325 e. The van der Waals surface area contributed by atoms with Gasteiger partial charge in [-0.05, 0) is 23.6 Å². The number of hydrogen-bond acceptors (Lipinski definition) is 2. The average molecular weight is 253 g/mol. The van der Waals surface area contributed by atoms with E-state index in [-0.39, 0.29) is 5.56 Å². The van der Waals surface area contributed by atoms with Crippen molar-refractivity contribution in [3.63, 3.8) is 0 Å². The number of halogens is 1. The van der Waals surface area contributed by atoms with Crippen molar-refractivity contribution in [1.82, 2.24) is 4.98 Å². The van der Waals surface area contributed by atoms with E-state index >= 15 is 0 Å². The Morgan fingerprint density at radius 1 is 1.36 bits per heavy atom. The maximum absolute atomic E-state index is 11.6. The highest BCUT2D eigenvalue weighted by Crippen LogP contribution is 2.16. The molecule has 0 aliphatic heterocycles. The van der Waals surface area contributed by atoms with Crippen LogP contribution in [0.1, 0.15) is 5.69 Å². The van der Waals surface area contributed by atoms with E-state index < -0.39 is 0 Å². The largest absolute Gasteiger partial charge is 0.325 e. The van der Waals surface area contributed by atoms with Crippen molar-refractivity contribution in [2.75, 3.05) is 0 Å². The summed E-state index contributed by atoms with van der Waals surface area (Å²) in [4.78, 5) is 14.3. The predicted octanol–water partition coefficient (Wildman–Crippen LogP) is 1.75. The first-order valence-electron chi connectivity index (χ1n) is 4.22. The summed E-state index contributed by atoms with van der Waals surface area (Å²) in [6.45, 7) is 0.348. The van der Waals surface area contributed by atoms with E-state index in [1.54, 1.807) is 6.07 Å². The second-order valence-electron chi connectivity index (χ2n) is 3.06. The Bertz CT molecular complexity index is 533. The molecular formula is C10H9BrN2O. The molecule has 4 heteroatoms. The fraction of sp³-hybridized carbons (Fsp3) is 0.100. The molecule has 14 heavy (non-hydrogen) atoms. The smallest absolute Gasteiger partial charge is 0.256 e. The fourth-order valence-electron chi connectivity index (χ4n) is 1.40. The van der Waals surface area contributed by atoms with Crippen LogP contribution in [-0.2, 0) is 6.54 Å². The standard InChI is InChI=1S/C10H9BrN2O/c11-7-2-1-6-3-8(5-12)13-10(14)9(6)4-7/h1-4H,5,12H2,(H,13,14). The van der Waals surface area contributed by atoms with Gasteiger partial charge in [0.05, 0.1) is 0 Å². The maximum atomic E-state index is 11.6. The van der Waals surface area contributed by atoms with Gasteiger partial charge in [0, 0.05) is 22.1 Å². The van der Waals surface area contributed by atoms with E-state index in [1.807, 2.05) is 18.2 Å². The first-order valence-corrected chi connectivity index (χ1v) is 5.01. The highest BCUT2D eigenvalue weighted by atomic mass is 79.9. The van der Waals surface area contributed by atoms with Crippen LogP contribution in [-0.4, -0.2) is 4.98 Å². The number of aromatic nitrogens is 1. The van der Waals surface area contributed by atoms with Crippen LogP contribution in [0.25, 0.3) is 10.8 Å². The molecule has 0 aliphatic carbocycles. The van der Waals surface area contributed by atoms with Gasteiger partial charge >= 0.3 is 0 Å². The van der Waals surface area contributed by atoms with E-state index in [4.69, 9.17) is 5.73 Å². The van der Waals surface area contributed by atoms with Crippen LogP contribution in [0.2, 0.25) is 0 Å². The molecule has 0 fully saturated rings. The summed E-state index contributed by atoms with van der Waals surface area (Å²) in [5.74, 6) is 0. The zero-order valence-electron chi connectivity index (χ0n) is 7.38. The second-order valence-corrected chi connectivity index (χ2v) is 3.98. The van der Waals surface area contributed by atoms with Gasteiger partial charge in [-0.15, -0.1) is 0 Å². The summed E-state index contributed by atoms with van der Waals surface area (Å²) in [7, 11) is 0. The van der Waals surface area contributed by atoms with Gasteiger partial charge < -0.3 is 10.7 Å². The van der Waals surface area contributed by atoms with E-state index in [0.29, 0.717) is 11.9 Å². The summed E-state index contributed by atoms with van der Waals surface area (Å²) >= 11 is 3.32. The molecule has 2 aromatic rings. The third-order valence-corrected chi connectivity index (χ3v) is 2.58. The molecule has 1 heterocycles. The zero-order valence-corrected chi connectivity index (χ0v) is 8.97. The Morgan fingerprint density at radius 2 is 2.14 bits per heavy atom. The molecule has 1 aromatic carbocycles. The van der Waals surface area contributed by atoms with Crippen LogP contribution >= 0.6 is 15.9 Å². The first-order chi connectivity index (χ1) is 6.70. The lowest BCUT2D eigenvalue weighted by Gasteiger charge is -2.01. The second kappa shape index (κ2) is 3.55. The van der Waals surface area contributed by atoms with Crippen LogP contribution in [0.15, 0.2) is 33.5 Å². The lowest BCUT2D eigenvalue weighted by atomic mass is 10.1. The number of hydrogen-bond donors (Lipinski definition) is 2. The number of nitrogens with one attached hydrogen (secondary N) is 1. The predicted molar refractivity (Wildman–Crippen MR) is 60.2 cm³/mol. The summed E-state index contributed by atoms with van der Waals surface area (Å²) in [6, 6.07) is 7.49. The Balaban J connectivity index is 2.83. The van der Waals surface area contributed by atoms with E-state index in [0.717, 1.165) is 15.6 Å². The van der Waals surface area contributed by atoms with Gasteiger partial charge in [-0.2, -0.15) is 0 Å². The van der Waals surface area contributed by atoms with Crippen molar-refractivity contribution in [3.05, 3.63) is 44.8 Å². The molecule has 3 nitrogen and oxygen atoms in total. The summed E-state index contributed by atoms with van der Waals surface area (Å²) in [5, 5.41) is 1.59. The van der Waals surface area contributed by atoms with Crippen LogP contribution in [0.5, 0.6) is 0 Å². The third kappa shape index (κ3) is 1.58. The monoisotopic (exact) mass is 252 g/mol. The molecule has 0 saturated carbocycles. The molecular weight excluding hydrogens is 244 g/mol. The van der Waals surface area contributed by atoms with Crippen molar-refractivity contribution in [1.29, 1.82) is 0 Å². The van der Waals surface area contributed by atoms with Gasteiger partial charge in [-0.1, -0.05) is 22.0 Å². The molecule has 0 unspecified atom stereocenters. The SMILES string of the molecule is NCc1cc2ccc(Br)cc2c(=O)[nH]1. The summed E-state index contributed by atoms with van der Waals surface area (Å²) in [6.07, 6.45) is 0. The number of pyridine rings is 1. The molecule has 3 N–H and O–H groups in total. The van der Waals surface area contributed by atoms with E-state index in [1.165, 1.54) is 0 Å². The topological polar surface area (TPSA) is 58.9 Å². The molecule has 0 bridgehead atoms. The van der Waals surface area contributed by atoms with Crippen molar-refractivity contribution in [3.8, 4) is 0 Å². The number of benzene rings is 1. The van der Waals surface area contributed by atoms with Crippen LogP contribution in [0.3, 0.4) is 0 Å². The van der Waals surface area contributed by atoms with E-state index in [9.17, 15) is 4.79 Å². The van der Waals surface area contributed by atoms with Crippen LogP contribution in [0.4, 0.5) is 0 Å². The summed E-state index contributed by atoms with van der Waals surface area (Å²) < 4.78 is 0.899. The van der Waals surface area contributed by atoms with Gasteiger partial charge in [-0.25, -0.2) is 0 Å². The molecule has 1 aromatic heterocycles. The maximum Gasteiger partial charge on any atom is 0.256 e. The van der Waals surface area contributed by atoms with Crippen LogP contribution < -0.4 is 11.3 Å². The quantitative estimate of drug-likeness (QED) is 0.813. The van der Waals surface area contributed by atoms with Gasteiger partial charge in [0.1, 0.15) is 0 Å². The lowest BCUT2D eigenvalue weighted by Crippen LogP contribution is -2.11.